The Bertz CT molecular complexity index is 488. The lowest BCUT2D eigenvalue weighted by molar-refractivity contribution is 0.00497. The Morgan fingerprint density at radius 2 is 2.26 bits per heavy atom. The minimum absolute atomic E-state index is 0.122. The Labute approximate surface area is 115 Å². The maximum Gasteiger partial charge on any atom is 0.248 e. The van der Waals surface area contributed by atoms with Crippen LogP contribution < -0.4 is 4.74 Å². The van der Waals surface area contributed by atoms with Gasteiger partial charge in [0.25, 0.3) is 0 Å². The predicted molar refractivity (Wildman–Crippen MR) is 69.2 cm³/mol. The molecule has 104 valence electrons. The Hall–Kier alpha value is -1.16. The van der Waals surface area contributed by atoms with Crippen molar-refractivity contribution in [2.24, 2.45) is 5.92 Å². The largest absolute Gasteiger partial charge is 0.496 e. The molecule has 0 heterocycles. The number of methoxy groups -OCH3 is 1. The summed E-state index contributed by atoms with van der Waals surface area (Å²) in [7, 11) is 1.45. The second-order valence-corrected chi connectivity index (χ2v) is 5.37. The molecular weight excluding hydrogens is 274 g/mol. The van der Waals surface area contributed by atoms with E-state index < -0.39 is 5.92 Å². The van der Waals surface area contributed by atoms with Crippen LogP contribution in [0.4, 0.5) is 8.78 Å². The van der Waals surface area contributed by atoms with Crippen molar-refractivity contribution in [1.29, 1.82) is 0 Å². The number of hydrogen-bond donors (Lipinski definition) is 0. The molecule has 1 atom stereocenters. The molecule has 1 saturated carbocycles. The van der Waals surface area contributed by atoms with Crippen LogP contribution in [0.2, 0.25) is 5.02 Å². The van der Waals surface area contributed by atoms with E-state index in [0.717, 1.165) is 0 Å². The van der Waals surface area contributed by atoms with Gasteiger partial charge < -0.3 is 4.74 Å². The van der Waals surface area contributed by atoms with Crippen LogP contribution in [-0.4, -0.2) is 18.8 Å². The molecule has 5 heteroatoms. The van der Waals surface area contributed by atoms with E-state index in [1.807, 2.05) is 0 Å². The molecule has 0 N–H and O–H groups in total. The molecule has 1 aromatic carbocycles. The molecule has 0 saturated heterocycles. The molecule has 1 aromatic rings. The maximum absolute atomic E-state index is 13.1. The molecule has 0 aliphatic heterocycles. The van der Waals surface area contributed by atoms with Crippen LogP contribution in [0, 0.1) is 5.92 Å². The summed E-state index contributed by atoms with van der Waals surface area (Å²) in [4.78, 5) is 12.1. The molecule has 1 unspecified atom stereocenters. The van der Waals surface area contributed by atoms with Gasteiger partial charge in [0.2, 0.25) is 5.92 Å². The fraction of sp³-hybridized carbons (Fsp3) is 0.500. The zero-order valence-electron chi connectivity index (χ0n) is 10.6. The van der Waals surface area contributed by atoms with Gasteiger partial charge in [0.05, 0.1) is 12.7 Å². The first kappa shape index (κ1) is 14.3. The number of alkyl halides is 2. The fourth-order valence-electron chi connectivity index (χ4n) is 2.48. The quantitative estimate of drug-likeness (QED) is 0.770. The van der Waals surface area contributed by atoms with E-state index in [0.29, 0.717) is 22.8 Å². The van der Waals surface area contributed by atoms with Crippen LogP contribution in [-0.2, 0) is 0 Å². The molecule has 2 rings (SSSR count). The van der Waals surface area contributed by atoms with E-state index in [-0.39, 0.29) is 31.0 Å². The van der Waals surface area contributed by atoms with E-state index in [4.69, 9.17) is 16.3 Å². The maximum atomic E-state index is 13.1. The zero-order valence-corrected chi connectivity index (χ0v) is 11.3. The first-order valence-electron chi connectivity index (χ1n) is 6.16. The van der Waals surface area contributed by atoms with Crippen molar-refractivity contribution >= 4 is 17.4 Å². The summed E-state index contributed by atoms with van der Waals surface area (Å²) in [6, 6.07) is 4.73. The third-order valence-electron chi connectivity index (χ3n) is 3.44. The van der Waals surface area contributed by atoms with Crippen molar-refractivity contribution in [3.05, 3.63) is 28.8 Å². The SMILES string of the molecule is COc1cc(Cl)ccc1C(=O)CC1CCC(F)(F)C1. The van der Waals surface area contributed by atoms with Gasteiger partial charge in [-0.05, 0) is 30.5 Å². The monoisotopic (exact) mass is 288 g/mol. The summed E-state index contributed by atoms with van der Waals surface area (Å²) in [5, 5.41) is 0.473. The second kappa shape index (κ2) is 5.45. The van der Waals surface area contributed by atoms with Crippen molar-refractivity contribution in [1.82, 2.24) is 0 Å². The average Bonchev–Trinajstić information content (AvgIpc) is 2.68. The molecule has 0 bridgehead atoms. The molecule has 0 spiro atoms. The zero-order chi connectivity index (χ0) is 14.0. The van der Waals surface area contributed by atoms with Crippen molar-refractivity contribution in [3.63, 3.8) is 0 Å². The van der Waals surface area contributed by atoms with Gasteiger partial charge in [-0.15, -0.1) is 0 Å². The highest BCUT2D eigenvalue weighted by molar-refractivity contribution is 6.30. The lowest BCUT2D eigenvalue weighted by Gasteiger charge is -2.12. The second-order valence-electron chi connectivity index (χ2n) is 4.94. The van der Waals surface area contributed by atoms with Crippen LogP contribution in [0.15, 0.2) is 18.2 Å². The molecule has 0 amide bonds. The average molecular weight is 289 g/mol. The van der Waals surface area contributed by atoms with E-state index >= 15 is 0 Å². The number of carbonyl (C=O) groups excluding carboxylic acids is 1. The topological polar surface area (TPSA) is 26.3 Å². The number of rotatable bonds is 4. The summed E-state index contributed by atoms with van der Waals surface area (Å²) >= 11 is 5.82. The summed E-state index contributed by atoms with van der Waals surface area (Å²) in [6.07, 6.45) is 0.208. The van der Waals surface area contributed by atoms with E-state index in [2.05, 4.69) is 0 Å². The molecule has 1 aliphatic carbocycles. The number of carbonyl (C=O) groups is 1. The van der Waals surface area contributed by atoms with Crippen molar-refractivity contribution < 1.29 is 18.3 Å². The van der Waals surface area contributed by atoms with Crippen LogP contribution >= 0.6 is 11.6 Å². The Balaban J connectivity index is 2.08. The van der Waals surface area contributed by atoms with E-state index in [1.165, 1.54) is 7.11 Å². The normalized spacial score (nSPS) is 21.4. The number of benzene rings is 1. The number of halogens is 3. The van der Waals surface area contributed by atoms with Crippen LogP contribution in [0.5, 0.6) is 5.75 Å². The highest BCUT2D eigenvalue weighted by atomic mass is 35.5. The van der Waals surface area contributed by atoms with Crippen molar-refractivity contribution in [3.8, 4) is 5.75 Å². The Kier molecular flexibility index (Phi) is 4.09. The summed E-state index contributed by atoms with van der Waals surface area (Å²) < 4.78 is 31.3. The van der Waals surface area contributed by atoms with Gasteiger partial charge in [-0.25, -0.2) is 8.78 Å². The van der Waals surface area contributed by atoms with E-state index in [1.54, 1.807) is 18.2 Å². The molecular formula is C14H15ClF2O2. The number of ketones is 1. The number of hydrogen-bond acceptors (Lipinski definition) is 2. The van der Waals surface area contributed by atoms with E-state index in [9.17, 15) is 13.6 Å². The number of Topliss-reactive ketones (excluding diaryl/α,β-unsaturated/α-hetero) is 1. The summed E-state index contributed by atoms with van der Waals surface area (Å²) in [6.45, 7) is 0. The van der Waals surface area contributed by atoms with Gasteiger partial charge in [-0.2, -0.15) is 0 Å². The highest BCUT2D eigenvalue weighted by Gasteiger charge is 2.40. The minimum Gasteiger partial charge on any atom is -0.496 e. The van der Waals surface area contributed by atoms with Crippen molar-refractivity contribution in [2.75, 3.05) is 7.11 Å². The molecule has 2 nitrogen and oxygen atoms in total. The smallest absolute Gasteiger partial charge is 0.248 e. The summed E-state index contributed by atoms with van der Waals surface area (Å²) in [5.41, 5.74) is 0.405. The van der Waals surface area contributed by atoms with Gasteiger partial charge in [0.1, 0.15) is 5.75 Å². The molecule has 1 aliphatic rings. The first-order chi connectivity index (χ1) is 8.91. The Morgan fingerprint density at radius 3 is 2.84 bits per heavy atom. The molecule has 0 radical (unpaired) electrons. The fourth-order valence-corrected chi connectivity index (χ4v) is 2.65. The summed E-state index contributed by atoms with van der Waals surface area (Å²) in [5.74, 6) is -2.64. The number of ether oxygens (including phenoxy) is 1. The molecule has 19 heavy (non-hydrogen) atoms. The van der Waals surface area contributed by atoms with Gasteiger partial charge >= 0.3 is 0 Å². The lowest BCUT2D eigenvalue weighted by atomic mass is 9.96. The van der Waals surface area contributed by atoms with Crippen LogP contribution in [0.1, 0.15) is 36.0 Å². The third kappa shape index (κ3) is 3.44. The van der Waals surface area contributed by atoms with Gasteiger partial charge in [0, 0.05) is 24.3 Å². The molecule has 1 fully saturated rings. The van der Waals surface area contributed by atoms with Gasteiger partial charge in [0.15, 0.2) is 5.78 Å². The highest BCUT2D eigenvalue weighted by Crippen LogP contribution is 2.41. The predicted octanol–water partition coefficient (Wildman–Crippen LogP) is 4.36. The first-order valence-corrected chi connectivity index (χ1v) is 6.53. The van der Waals surface area contributed by atoms with Gasteiger partial charge in [-0.1, -0.05) is 11.6 Å². The van der Waals surface area contributed by atoms with Gasteiger partial charge in [-0.3, -0.25) is 4.79 Å². The molecule has 0 aromatic heterocycles. The Morgan fingerprint density at radius 1 is 1.53 bits per heavy atom. The van der Waals surface area contributed by atoms with Crippen LogP contribution in [0.3, 0.4) is 0 Å². The lowest BCUT2D eigenvalue weighted by Crippen LogP contribution is -2.12. The minimum atomic E-state index is -2.62. The van der Waals surface area contributed by atoms with Crippen LogP contribution in [0.25, 0.3) is 0 Å². The van der Waals surface area contributed by atoms with Crippen molar-refractivity contribution in [2.45, 2.75) is 31.6 Å². The third-order valence-corrected chi connectivity index (χ3v) is 3.68. The standard InChI is InChI=1S/C14H15ClF2O2/c1-19-13-7-10(15)2-3-11(13)12(18)6-9-4-5-14(16,17)8-9/h2-3,7,9H,4-6,8H2,1H3.